The van der Waals surface area contributed by atoms with Crippen molar-refractivity contribution in [3.8, 4) is 0 Å². The Kier molecular flexibility index (Phi) is 0.875. The predicted molar refractivity (Wildman–Crippen MR) is 34.1 cm³/mol. The van der Waals surface area contributed by atoms with Crippen LogP contribution in [-0.2, 0) is 0 Å². The molecule has 1 aromatic rings. The molecule has 0 bridgehead atoms. The molecule has 0 N–H and O–H groups in total. The summed E-state index contributed by atoms with van der Waals surface area (Å²) in [6, 6.07) is 2.13. The van der Waals surface area contributed by atoms with Gasteiger partial charge in [0.05, 0.1) is 5.69 Å². The smallest absolute Gasteiger partial charge is 0.0573 e. The third-order valence-corrected chi connectivity index (χ3v) is 2.03. The van der Waals surface area contributed by atoms with Crippen LogP contribution in [0.2, 0.25) is 0 Å². The highest BCUT2D eigenvalue weighted by molar-refractivity contribution is 7.03. The van der Waals surface area contributed by atoms with Gasteiger partial charge in [0.1, 0.15) is 0 Å². The van der Waals surface area contributed by atoms with Crippen LogP contribution in [-0.4, -0.2) is 4.37 Å². The number of rotatable bonds is 1. The molecule has 2 rings (SSSR count). The first-order valence-electron chi connectivity index (χ1n) is 2.87. The summed E-state index contributed by atoms with van der Waals surface area (Å²) in [5, 5.41) is 2.05. The molecule has 0 saturated heterocycles. The average Bonchev–Trinajstić information content (AvgIpc) is 2.49. The maximum atomic E-state index is 4.22. The molecule has 0 atom stereocenters. The Morgan fingerprint density at radius 2 is 2.50 bits per heavy atom. The van der Waals surface area contributed by atoms with E-state index in [9.17, 15) is 0 Å². The predicted octanol–water partition coefficient (Wildman–Crippen LogP) is 2.02. The fourth-order valence-corrected chi connectivity index (χ4v) is 1.40. The second-order valence-electron chi connectivity index (χ2n) is 2.20. The largest absolute Gasteiger partial charge is 0.197 e. The molecule has 1 aliphatic carbocycles. The van der Waals surface area contributed by atoms with Crippen molar-refractivity contribution >= 4 is 11.5 Å². The molecule has 0 spiro atoms. The minimum Gasteiger partial charge on any atom is -0.197 e. The highest BCUT2D eigenvalue weighted by Gasteiger charge is 2.24. The van der Waals surface area contributed by atoms with Crippen LogP contribution in [0.25, 0.3) is 0 Å². The Morgan fingerprint density at radius 3 is 3.00 bits per heavy atom. The van der Waals surface area contributed by atoms with Gasteiger partial charge in [0, 0.05) is 11.3 Å². The van der Waals surface area contributed by atoms with E-state index in [4.69, 9.17) is 0 Å². The fraction of sp³-hybridized carbons (Fsp3) is 0.500. The van der Waals surface area contributed by atoms with E-state index in [0.717, 1.165) is 5.92 Å². The maximum Gasteiger partial charge on any atom is 0.0573 e. The highest BCUT2D eigenvalue weighted by Crippen LogP contribution is 2.39. The Bertz CT molecular complexity index is 165. The van der Waals surface area contributed by atoms with Crippen LogP contribution in [0.4, 0.5) is 0 Å². The number of nitrogens with zero attached hydrogens (tertiary/aromatic N) is 1. The van der Waals surface area contributed by atoms with Gasteiger partial charge in [-0.05, 0) is 30.4 Å². The minimum absolute atomic E-state index is 0.834. The van der Waals surface area contributed by atoms with Crippen molar-refractivity contribution in [2.45, 2.75) is 18.8 Å². The van der Waals surface area contributed by atoms with Gasteiger partial charge in [0.25, 0.3) is 0 Å². The molecule has 1 nitrogen and oxygen atoms in total. The molecular weight excluding hydrogens is 118 g/mol. The van der Waals surface area contributed by atoms with E-state index in [1.54, 1.807) is 11.5 Å². The zero-order valence-corrected chi connectivity index (χ0v) is 5.32. The molecule has 0 unspecified atom stereocenters. The molecule has 0 aromatic carbocycles. The fourth-order valence-electron chi connectivity index (χ4n) is 0.812. The molecule has 1 heterocycles. The van der Waals surface area contributed by atoms with Crippen LogP contribution >= 0.6 is 11.5 Å². The third kappa shape index (κ3) is 0.650. The van der Waals surface area contributed by atoms with E-state index in [1.165, 1.54) is 18.5 Å². The van der Waals surface area contributed by atoms with E-state index < -0.39 is 0 Å². The lowest BCUT2D eigenvalue weighted by atomic mass is 10.3. The van der Waals surface area contributed by atoms with Gasteiger partial charge < -0.3 is 0 Å². The second-order valence-corrected chi connectivity index (χ2v) is 2.86. The van der Waals surface area contributed by atoms with E-state index in [-0.39, 0.29) is 0 Å². The SMILES string of the molecule is c1cc(C2CC2)ns1. The summed E-state index contributed by atoms with van der Waals surface area (Å²) in [5.74, 6) is 0.834. The van der Waals surface area contributed by atoms with Gasteiger partial charge in [-0.2, -0.15) is 4.37 Å². The molecule has 42 valence electrons. The summed E-state index contributed by atoms with van der Waals surface area (Å²) in [4.78, 5) is 0. The molecule has 2 heteroatoms. The van der Waals surface area contributed by atoms with Crippen molar-refractivity contribution in [2.24, 2.45) is 0 Å². The summed E-state index contributed by atoms with van der Waals surface area (Å²) in [6.07, 6.45) is 2.73. The quantitative estimate of drug-likeness (QED) is 0.559. The van der Waals surface area contributed by atoms with Crippen LogP contribution in [0.1, 0.15) is 24.5 Å². The van der Waals surface area contributed by atoms with E-state index >= 15 is 0 Å². The molecule has 1 aromatic heterocycles. The Hall–Kier alpha value is -0.370. The monoisotopic (exact) mass is 125 g/mol. The third-order valence-electron chi connectivity index (χ3n) is 1.45. The number of aromatic nitrogens is 1. The van der Waals surface area contributed by atoms with Gasteiger partial charge in [0.15, 0.2) is 0 Å². The van der Waals surface area contributed by atoms with Crippen LogP contribution < -0.4 is 0 Å². The van der Waals surface area contributed by atoms with Gasteiger partial charge in [-0.3, -0.25) is 0 Å². The Labute approximate surface area is 52.5 Å². The average molecular weight is 125 g/mol. The van der Waals surface area contributed by atoms with Crippen molar-refractivity contribution in [2.75, 3.05) is 0 Å². The maximum absolute atomic E-state index is 4.22. The summed E-state index contributed by atoms with van der Waals surface area (Å²) in [6.45, 7) is 0. The van der Waals surface area contributed by atoms with Gasteiger partial charge >= 0.3 is 0 Å². The van der Waals surface area contributed by atoms with Crippen LogP contribution in [0.3, 0.4) is 0 Å². The van der Waals surface area contributed by atoms with Gasteiger partial charge in [-0.15, -0.1) is 0 Å². The lowest BCUT2D eigenvalue weighted by molar-refractivity contribution is 1.07. The van der Waals surface area contributed by atoms with Crippen LogP contribution in [0.15, 0.2) is 11.4 Å². The minimum atomic E-state index is 0.834. The van der Waals surface area contributed by atoms with Crippen molar-refractivity contribution in [1.82, 2.24) is 4.37 Å². The van der Waals surface area contributed by atoms with Crippen molar-refractivity contribution in [3.05, 3.63) is 17.1 Å². The van der Waals surface area contributed by atoms with Crippen molar-refractivity contribution in [3.63, 3.8) is 0 Å². The van der Waals surface area contributed by atoms with Gasteiger partial charge in [0.2, 0.25) is 0 Å². The number of hydrogen-bond donors (Lipinski definition) is 0. The first-order chi connectivity index (χ1) is 3.97. The van der Waals surface area contributed by atoms with Gasteiger partial charge in [-0.1, -0.05) is 0 Å². The summed E-state index contributed by atoms with van der Waals surface area (Å²) in [5.41, 5.74) is 1.31. The highest BCUT2D eigenvalue weighted by atomic mass is 32.1. The molecule has 1 saturated carbocycles. The standard InChI is InChI=1S/C6H7NS/c1-2-5(1)6-3-4-8-7-6/h3-5H,1-2H2. The van der Waals surface area contributed by atoms with Gasteiger partial charge in [-0.25, -0.2) is 0 Å². The zero-order valence-electron chi connectivity index (χ0n) is 4.50. The molecule has 0 aliphatic heterocycles. The van der Waals surface area contributed by atoms with E-state index in [0.29, 0.717) is 0 Å². The molecule has 0 amide bonds. The van der Waals surface area contributed by atoms with Crippen molar-refractivity contribution < 1.29 is 0 Å². The van der Waals surface area contributed by atoms with E-state index in [1.807, 2.05) is 5.38 Å². The lowest BCUT2D eigenvalue weighted by Gasteiger charge is -1.80. The molecule has 1 aliphatic rings. The zero-order chi connectivity index (χ0) is 5.40. The topological polar surface area (TPSA) is 12.9 Å². The normalized spacial score (nSPS) is 19.0. The Morgan fingerprint density at radius 1 is 1.62 bits per heavy atom. The molecule has 8 heavy (non-hydrogen) atoms. The second kappa shape index (κ2) is 1.55. The lowest BCUT2D eigenvalue weighted by Crippen LogP contribution is -1.72. The van der Waals surface area contributed by atoms with Crippen molar-refractivity contribution in [1.29, 1.82) is 0 Å². The van der Waals surface area contributed by atoms with E-state index in [2.05, 4.69) is 10.4 Å². The molecule has 1 fully saturated rings. The molecule has 0 radical (unpaired) electrons. The summed E-state index contributed by atoms with van der Waals surface area (Å²) in [7, 11) is 0. The first kappa shape index (κ1) is 4.50. The summed E-state index contributed by atoms with van der Waals surface area (Å²) >= 11 is 1.56. The molecular formula is C6H7NS. The van der Waals surface area contributed by atoms with Crippen LogP contribution in [0.5, 0.6) is 0 Å². The Balaban J connectivity index is 2.28. The van der Waals surface area contributed by atoms with Crippen LogP contribution in [0, 0.1) is 0 Å². The number of hydrogen-bond acceptors (Lipinski definition) is 2. The first-order valence-corrected chi connectivity index (χ1v) is 3.71. The summed E-state index contributed by atoms with van der Waals surface area (Å²) < 4.78 is 4.22.